The molecule has 0 heterocycles. The van der Waals surface area contributed by atoms with E-state index >= 15 is 0 Å². The van der Waals surface area contributed by atoms with Gasteiger partial charge >= 0.3 is 5.97 Å². The summed E-state index contributed by atoms with van der Waals surface area (Å²) in [5.41, 5.74) is 2.16. The van der Waals surface area contributed by atoms with E-state index in [9.17, 15) is 9.90 Å². The van der Waals surface area contributed by atoms with Crippen molar-refractivity contribution in [2.45, 2.75) is 145 Å². The summed E-state index contributed by atoms with van der Waals surface area (Å²) in [6, 6.07) is 10.6. The van der Waals surface area contributed by atoms with Crippen molar-refractivity contribution < 1.29 is 19.4 Å². The van der Waals surface area contributed by atoms with Crippen LogP contribution in [0.5, 0.6) is 0 Å². The number of allylic oxidation sites excluding steroid dienone is 2. The number of hydrogen-bond donors (Lipinski definition) is 1. The van der Waals surface area contributed by atoms with Crippen LogP contribution in [0.2, 0.25) is 0 Å². The maximum Gasteiger partial charge on any atom is 0.302 e. The van der Waals surface area contributed by atoms with Gasteiger partial charge in [-0.1, -0.05) is 76.6 Å². The average molecular weight is 593 g/mol. The van der Waals surface area contributed by atoms with E-state index in [4.69, 9.17) is 9.47 Å². The minimum absolute atomic E-state index is 0.0174. The molecular formula is C39H60O4. The van der Waals surface area contributed by atoms with Crippen LogP contribution in [-0.4, -0.2) is 28.9 Å². The Bertz CT molecular complexity index is 1180. The van der Waals surface area contributed by atoms with E-state index in [0.717, 1.165) is 44.9 Å². The van der Waals surface area contributed by atoms with E-state index < -0.39 is 5.60 Å². The summed E-state index contributed by atoms with van der Waals surface area (Å²) >= 11 is 0. The second-order valence-electron chi connectivity index (χ2n) is 16.9. The Balaban J connectivity index is 1.51. The van der Waals surface area contributed by atoms with Crippen molar-refractivity contribution in [3.8, 4) is 0 Å². The van der Waals surface area contributed by atoms with Gasteiger partial charge in [0.15, 0.2) is 0 Å². The lowest BCUT2D eigenvalue weighted by atomic mass is 9.35. The molecule has 1 aromatic rings. The van der Waals surface area contributed by atoms with Gasteiger partial charge in [-0.2, -0.15) is 0 Å². The normalized spacial score (nSPS) is 41.3. The molecule has 0 radical (unpaired) electrons. The van der Waals surface area contributed by atoms with Gasteiger partial charge in [-0.15, -0.1) is 0 Å². The van der Waals surface area contributed by atoms with Gasteiger partial charge in [-0.05, 0) is 124 Å². The molecule has 43 heavy (non-hydrogen) atoms. The van der Waals surface area contributed by atoms with Crippen LogP contribution in [0.25, 0.3) is 0 Å². The first-order chi connectivity index (χ1) is 20.1. The maximum atomic E-state index is 12.1. The number of fused-ring (bicyclic) bond motifs is 5. The molecule has 1 aromatic carbocycles. The van der Waals surface area contributed by atoms with Gasteiger partial charge in [0.2, 0.25) is 0 Å². The Morgan fingerprint density at radius 3 is 2.28 bits per heavy atom. The van der Waals surface area contributed by atoms with Crippen LogP contribution >= 0.6 is 0 Å². The standard InChI is InChI=1S/C39H60O4/c1-26(2)14-13-20-39(9,41)29-17-22-38(8)34(29)30(42-25-28-15-11-10-12-16-28)24-32-36(6)21-19-33(43-27(3)40)35(4,5)31(36)18-23-37(32,38)7/h10-12,14-16,29-34,41H,13,17-25H2,1-9H3/t29-,30+,31-,32+,33-,34-,36-,37+,38+,39-/m0/s1. The van der Waals surface area contributed by atoms with Gasteiger partial charge in [0.25, 0.3) is 0 Å². The summed E-state index contributed by atoms with van der Waals surface area (Å²) < 4.78 is 13.0. The highest BCUT2D eigenvalue weighted by atomic mass is 16.5. The molecule has 0 aliphatic heterocycles. The SMILES string of the molecule is CC(=O)O[C@H]1CC[C@]2(C)[C@H]3C[C@@H](OCc4ccccc4)[C@@H]4[C@@H]([C@@](C)(O)CCC=C(C)C)CC[C@@]4(C)[C@]3(C)CC[C@H]2C1(C)C. The third kappa shape index (κ3) is 5.56. The zero-order chi connectivity index (χ0) is 31.4. The first kappa shape index (κ1) is 32.7. The van der Waals surface area contributed by atoms with E-state index in [0.29, 0.717) is 24.4 Å². The second kappa shape index (κ2) is 11.6. The van der Waals surface area contributed by atoms with Crippen molar-refractivity contribution in [3.05, 3.63) is 47.5 Å². The molecule has 5 rings (SSSR count). The molecule has 0 spiro atoms. The van der Waals surface area contributed by atoms with E-state index in [2.05, 4.69) is 91.8 Å². The second-order valence-corrected chi connectivity index (χ2v) is 16.9. The molecule has 4 fully saturated rings. The zero-order valence-electron chi connectivity index (χ0n) is 28.7. The predicted molar refractivity (Wildman–Crippen MR) is 174 cm³/mol. The highest BCUT2D eigenvalue weighted by Gasteiger charge is 2.71. The van der Waals surface area contributed by atoms with Crippen molar-refractivity contribution in [1.29, 1.82) is 0 Å². The minimum atomic E-state index is -0.725. The number of carbonyl (C=O) groups excluding carboxylic acids is 1. The topological polar surface area (TPSA) is 55.8 Å². The molecule has 4 aliphatic carbocycles. The third-order valence-corrected chi connectivity index (χ3v) is 13.9. The number of benzene rings is 1. The molecule has 240 valence electrons. The molecule has 0 aromatic heterocycles. The molecule has 4 nitrogen and oxygen atoms in total. The molecule has 4 heteroatoms. The van der Waals surface area contributed by atoms with Gasteiger partial charge < -0.3 is 14.6 Å². The van der Waals surface area contributed by atoms with Crippen molar-refractivity contribution in [2.24, 2.45) is 45.3 Å². The fraction of sp³-hybridized carbons (Fsp3) is 0.769. The fourth-order valence-corrected chi connectivity index (χ4v) is 11.6. The molecule has 4 saturated carbocycles. The molecular weight excluding hydrogens is 532 g/mol. The molecule has 0 bridgehead atoms. The summed E-state index contributed by atoms with van der Waals surface area (Å²) in [4.78, 5) is 12.1. The molecule has 4 aliphatic rings. The number of esters is 1. The molecule has 1 N–H and O–H groups in total. The minimum Gasteiger partial charge on any atom is -0.462 e. The van der Waals surface area contributed by atoms with Crippen LogP contribution in [0, 0.1) is 45.3 Å². The highest BCUT2D eigenvalue weighted by Crippen LogP contribution is 2.76. The van der Waals surface area contributed by atoms with Gasteiger partial charge in [0, 0.05) is 12.3 Å². The van der Waals surface area contributed by atoms with Crippen LogP contribution in [0.15, 0.2) is 42.0 Å². The van der Waals surface area contributed by atoms with Gasteiger partial charge in [0.05, 0.1) is 18.3 Å². The first-order valence-electron chi connectivity index (χ1n) is 17.2. The molecule has 0 unspecified atom stereocenters. The van der Waals surface area contributed by atoms with Crippen LogP contribution in [-0.2, 0) is 20.9 Å². The molecule has 0 saturated heterocycles. The Hall–Kier alpha value is -1.65. The summed E-state index contributed by atoms with van der Waals surface area (Å²) in [7, 11) is 0. The summed E-state index contributed by atoms with van der Waals surface area (Å²) in [5.74, 6) is 1.41. The quantitative estimate of drug-likeness (QED) is 0.241. The van der Waals surface area contributed by atoms with Crippen molar-refractivity contribution in [2.75, 3.05) is 0 Å². The lowest BCUT2D eigenvalue weighted by Crippen LogP contribution is -2.67. The highest BCUT2D eigenvalue weighted by molar-refractivity contribution is 5.66. The van der Waals surface area contributed by atoms with Crippen molar-refractivity contribution >= 4 is 5.97 Å². The van der Waals surface area contributed by atoms with Crippen LogP contribution < -0.4 is 0 Å². The van der Waals surface area contributed by atoms with Crippen molar-refractivity contribution in [1.82, 2.24) is 0 Å². The monoisotopic (exact) mass is 592 g/mol. The number of ether oxygens (including phenoxy) is 2. The summed E-state index contributed by atoms with van der Waals surface area (Å²) in [5, 5.41) is 12.1. The lowest BCUT2D eigenvalue weighted by Gasteiger charge is -2.71. The van der Waals surface area contributed by atoms with E-state index in [-0.39, 0.29) is 45.8 Å². The average Bonchev–Trinajstić information content (AvgIpc) is 3.30. The van der Waals surface area contributed by atoms with Gasteiger partial charge in [0.1, 0.15) is 6.10 Å². The van der Waals surface area contributed by atoms with Gasteiger partial charge in [-0.3, -0.25) is 4.79 Å². The number of rotatable bonds is 8. The summed E-state index contributed by atoms with van der Waals surface area (Å²) in [6.07, 6.45) is 11.7. The van der Waals surface area contributed by atoms with Crippen LogP contribution in [0.3, 0.4) is 0 Å². The Kier molecular flexibility index (Phi) is 8.84. The maximum absolute atomic E-state index is 12.1. The fourth-order valence-electron chi connectivity index (χ4n) is 11.6. The smallest absolute Gasteiger partial charge is 0.302 e. The number of carbonyl (C=O) groups is 1. The molecule has 10 atom stereocenters. The Morgan fingerprint density at radius 1 is 0.953 bits per heavy atom. The lowest BCUT2D eigenvalue weighted by molar-refractivity contribution is -0.256. The van der Waals surface area contributed by atoms with Crippen LogP contribution in [0.4, 0.5) is 0 Å². The van der Waals surface area contributed by atoms with E-state index in [1.807, 2.05) is 0 Å². The van der Waals surface area contributed by atoms with E-state index in [1.54, 1.807) is 6.92 Å². The Morgan fingerprint density at radius 2 is 1.63 bits per heavy atom. The summed E-state index contributed by atoms with van der Waals surface area (Å²) in [6.45, 7) is 21.1. The predicted octanol–water partition coefficient (Wildman–Crippen LogP) is 9.30. The number of aliphatic hydroxyl groups is 1. The van der Waals surface area contributed by atoms with Crippen molar-refractivity contribution in [3.63, 3.8) is 0 Å². The molecule has 0 amide bonds. The number of hydrogen-bond acceptors (Lipinski definition) is 4. The third-order valence-electron chi connectivity index (χ3n) is 13.9. The van der Waals surface area contributed by atoms with Crippen LogP contribution in [0.1, 0.15) is 126 Å². The zero-order valence-corrected chi connectivity index (χ0v) is 28.7. The Labute approximate surface area is 262 Å². The largest absolute Gasteiger partial charge is 0.462 e. The van der Waals surface area contributed by atoms with Gasteiger partial charge in [-0.25, -0.2) is 0 Å². The first-order valence-corrected chi connectivity index (χ1v) is 17.2. The van der Waals surface area contributed by atoms with E-state index in [1.165, 1.54) is 24.0 Å².